The van der Waals surface area contributed by atoms with Crippen LogP contribution in [0, 0.1) is 0 Å². The number of aryl methyl sites for hydroxylation is 1. The normalized spacial score (nSPS) is 17.1. The first kappa shape index (κ1) is 16.6. The van der Waals surface area contributed by atoms with Gasteiger partial charge in [-0.1, -0.05) is 37.6 Å². The quantitative estimate of drug-likeness (QED) is 0.822. The van der Waals surface area contributed by atoms with Gasteiger partial charge in [0, 0.05) is 24.6 Å². The Bertz CT molecular complexity index is 676. The lowest BCUT2D eigenvalue weighted by Crippen LogP contribution is -2.28. The third kappa shape index (κ3) is 3.61. The maximum Gasteiger partial charge on any atom is 0.253 e. The van der Waals surface area contributed by atoms with Crippen molar-refractivity contribution < 1.29 is 9.53 Å². The van der Waals surface area contributed by atoms with Crippen LogP contribution in [0.4, 0.5) is 0 Å². The summed E-state index contributed by atoms with van der Waals surface area (Å²) in [6.07, 6.45) is 3.21. The van der Waals surface area contributed by atoms with Crippen LogP contribution in [-0.4, -0.2) is 31.0 Å². The molecule has 2 aromatic rings. The van der Waals surface area contributed by atoms with Crippen LogP contribution in [0.15, 0.2) is 48.5 Å². The van der Waals surface area contributed by atoms with Crippen LogP contribution in [0.2, 0.25) is 0 Å². The van der Waals surface area contributed by atoms with E-state index < -0.39 is 0 Å². The van der Waals surface area contributed by atoms with Gasteiger partial charge in [-0.15, -0.1) is 0 Å². The topological polar surface area (TPSA) is 29.5 Å². The molecule has 1 saturated heterocycles. The number of ether oxygens (including phenoxy) is 1. The van der Waals surface area contributed by atoms with Crippen molar-refractivity contribution in [1.29, 1.82) is 0 Å². The van der Waals surface area contributed by atoms with Crippen LogP contribution < -0.4 is 4.74 Å². The minimum absolute atomic E-state index is 0.147. The maximum atomic E-state index is 12.7. The lowest BCUT2D eigenvalue weighted by atomic mass is 9.98. The van der Waals surface area contributed by atoms with Gasteiger partial charge < -0.3 is 9.64 Å². The summed E-state index contributed by atoms with van der Waals surface area (Å²) >= 11 is 0. The molecule has 0 bridgehead atoms. The van der Waals surface area contributed by atoms with E-state index in [4.69, 9.17) is 4.74 Å². The van der Waals surface area contributed by atoms with Gasteiger partial charge in [-0.25, -0.2) is 0 Å². The van der Waals surface area contributed by atoms with Gasteiger partial charge in [0.15, 0.2) is 0 Å². The number of hydrogen-bond donors (Lipinski definition) is 0. The van der Waals surface area contributed by atoms with Crippen molar-refractivity contribution >= 4 is 5.91 Å². The Kier molecular flexibility index (Phi) is 5.19. The van der Waals surface area contributed by atoms with Gasteiger partial charge in [0.2, 0.25) is 0 Å². The van der Waals surface area contributed by atoms with Crippen LogP contribution >= 0.6 is 0 Å². The largest absolute Gasteiger partial charge is 0.497 e. The Labute approximate surface area is 144 Å². The van der Waals surface area contributed by atoms with Crippen molar-refractivity contribution in [3.05, 3.63) is 65.2 Å². The number of amides is 1. The standard InChI is InChI=1S/C21H25NO2/c1-3-4-16-5-7-18(8-6-16)21(23)22-14-13-19(15-22)17-9-11-20(24-2)12-10-17/h5-12,19H,3-4,13-15H2,1-2H3. The molecule has 24 heavy (non-hydrogen) atoms. The van der Waals surface area contributed by atoms with E-state index in [9.17, 15) is 4.79 Å². The van der Waals surface area contributed by atoms with E-state index in [1.54, 1.807) is 7.11 Å². The van der Waals surface area contributed by atoms with Crippen LogP contribution in [0.25, 0.3) is 0 Å². The number of carbonyl (C=O) groups excluding carboxylic acids is 1. The van der Waals surface area contributed by atoms with Crippen molar-refractivity contribution in [2.45, 2.75) is 32.1 Å². The van der Waals surface area contributed by atoms with Gasteiger partial charge in [-0.05, 0) is 48.2 Å². The molecule has 1 amide bonds. The number of nitrogens with zero attached hydrogens (tertiary/aromatic N) is 1. The first-order valence-electron chi connectivity index (χ1n) is 8.73. The smallest absolute Gasteiger partial charge is 0.253 e. The number of methoxy groups -OCH3 is 1. The number of benzene rings is 2. The minimum Gasteiger partial charge on any atom is -0.497 e. The van der Waals surface area contributed by atoms with Gasteiger partial charge in [-0.3, -0.25) is 4.79 Å². The predicted octanol–water partition coefficient (Wildman–Crippen LogP) is 4.28. The molecule has 0 spiro atoms. The van der Waals surface area contributed by atoms with E-state index in [1.807, 2.05) is 29.2 Å². The zero-order valence-corrected chi connectivity index (χ0v) is 14.5. The molecule has 0 radical (unpaired) electrons. The molecular formula is C21H25NO2. The summed E-state index contributed by atoms with van der Waals surface area (Å²) in [4.78, 5) is 14.7. The van der Waals surface area contributed by atoms with E-state index in [0.29, 0.717) is 5.92 Å². The molecule has 0 aliphatic carbocycles. The van der Waals surface area contributed by atoms with Crippen LogP contribution in [0.5, 0.6) is 5.75 Å². The van der Waals surface area contributed by atoms with Crippen LogP contribution in [0.1, 0.15) is 47.2 Å². The van der Waals surface area contributed by atoms with Gasteiger partial charge in [-0.2, -0.15) is 0 Å². The molecule has 0 aromatic heterocycles. The third-order valence-corrected chi connectivity index (χ3v) is 4.80. The first-order chi connectivity index (χ1) is 11.7. The van der Waals surface area contributed by atoms with Gasteiger partial charge in [0.1, 0.15) is 5.75 Å². The predicted molar refractivity (Wildman–Crippen MR) is 96.7 cm³/mol. The minimum atomic E-state index is 0.147. The van der Waals surface area contributed by atoms with Crippen LogP contribution in [-0.2, 0) is 6.42 Å². The van der Waals surface area contributed by atoms with Crippen molar-refractivity contribution in [2.24, 2.45) is 0 Å². The highest BCUT2D eigenvalue weighted by molar-refractivity contribution is 5.94. The molecule has 3 heteroatoms. The monoisotopic (exact) mass is 323 g/mol. The zero-order chi connectivity index (χ0) is 16.9. The highest BCUT2D eigenvalue weighted by Gasteiger charge is 2.27. The van der Waals surface area contributed by atoms with E-state index in [1.165, 1.54) is 11.1 Å². The van der Waals surface area contributed by atoms with Crippen molar-refractivity contribution in [1.82, 2.24) is 4.90 Å². The second-order valence-electron chi connectivity index (χ2n) is 6.46. The number of likely N-dealkylation sites (tertiary alicyclic amines) is 1. The van der Waals surface area contributed by atoms with Gasteiger partial charge in [0.05, 0.1) is 7.11 Å². The Morgan fingerprint density at radius 3 is 2.46 bits per heavy atom. The van der Waals surface area contributed by atoms with E-state index in [0.717, 1.165) is 43.7 Å². The van der Waals surface area contributed by atoms with Crippen molar-refractivity contribution in [3.8, 4) is 5.75 Å². The first-order valence-corrected chi connectivity index (χ1v) is 8.73. The summed E-state index contributed by atoms with van der Waals surface area (Å²) in [5.41, 5.74) is 3.38. The summed E-state index contributed by atoms with van der Waals surface area (Å²) in [6, 6.07) is 16.3. The Morgan fingerprint density at radius 2 is 1.83 bits per heavy atom. The Morgan fingerprint density at radius 1 is 1.12 bits per heavy atom. The fourth-order valence-corrected chi connectivity index (χ4v) is 3.38. The molecule has 1 aliphatic rings. The molecule has 1 fully saturated rings. The molecule has 1 atom stereocenters. The second-order valence-corrected chi connectivity index (χ2v) is 6.46. The summed E-state index contributed by atoms with van der Waals surface area (Å²) in [5, 5.41) is 0. The second kappa shape index (κ2) is 7.52. The molecule has 3 nitrogen and oxygen atoms in total. The van der Waals surface area contributed by atoms with Crippen molar-refractivity contribution in [3.63, 3.8) is 0 Å². The average Bonchev–Trinajstić information content (AvgIpc) is 3.12. The summed E-state index contributed by atoms with van der Waals surface area (Å²) in [5.74, 6) is 1.44. The average molecular weight is 323 g/mol. The van der Waals surface area contributed by atoms with Gasteiger partial charge in [0.25, 0.3) is 5.91 Å². The van der Waals surface area contributed by atoms with E-state index in [-0.39, 0.29) is 5.91 Å². The molecule has 2 aromatic carbocycles. The molecule has 1 unspecified atom stereocenters. The van der Waals surface area contributed by atoms with Crippen molar-refractivity contribution in [2.75, 3.05) is 20.2 Å². The van der Waals surface area contributed by atoms with E-state index in [2.05, 4.69) is 31.2 Å². The van der Waals surface area contributed by atoms with E-state index >= 15 is 0 Å². The third-order valence-electron chi connectivity index (χ3n) is 4.80. The zero-order valence-electron chi connectivity index (χ0n) is 14.5. The fraction of sp³-hybridized carbons (Fsp3) is 0.381. The molecule has 1 aliphatic heterocycles. The highest BCUT2D eigenvalue weighted by atomic mass is 16.5. The molecule has 0 N–H and O–H groups in total. The summed E-state index contributed by atoms with van der Waals surface area (Å²) in [7, 11) is 1.68. The summed E-state index contributed by atoms with van der Waals surface area (Å²) < 4.78 is 5.21. The fourth-order valence-electron chi connectivity index (χ4n) is 3.38. The lowest BCUT2D eigenvalue weighted by molar-refractivity contribution is 0.0791. The van der Waals surface area contributed by atoms with Crippen LogP contribution in [0.3, 0.4) is 0 Å². The molecule has 3 rings (SSSR count). The lowest BCUT2D eigenvalue weighted by Gasteiger charge is -2.17. The summed E-state index contributed by atoms with van der Waals surface area (Å²) in [6.45, 7) is 3.79. The molecule has 0 saturated carbocycles. The number of rotatable bonds is 5. The highest BCUT2D eigenvalue weighted by Crippen LogP contribution is 2.29. The van der Waals surface area contributed by atoms with Gasteiger partial charge >= 0.3 is 0 Å². The molecule has 1 heterocycles. The number of carbonyl (C=O) groups is 1. The molecular weight excluding hydrogens is 298 g/mol. The SMILES string of the molecule is CCCc1ccc(C(=O)N2CCC(c3ccc(OC)cc3)C2)cc1. The Hall–Kier alpha value is -2.29. The maximum absolute atomic E-state index is 12.7. The molecule has 126 valence electrons. The number of hydrogen-bond acceptors (Lipinski definition) is 2. The Balaban J connectivity index is 1.64.